The van der Waals surface area contributed by atoms with Crippen molar-refractivity contribution in [1.82, 2.24) is 20.1 Å². The van der Waals surface area contributed by atoms with E-state index in [0.717, 1.165) is 36.8 Å². The van der Waals surface area contributed by atoms with Gasteiger partial charge in [-0.2, -0.15) is 5.10 Å². The maximum absolute atomic E-state index is 12.9. The van der Waals surface area contributed by atoms with Crippen LogP contribution in [0.2, 0.25) is 0 Å². The van der Waals surface area contributed by atoms with Gasteiger partial charge in [-0.1, -0.05) is 0 Å². The van der Waals surface area contributed by atoms with Crippen molar-refractivity contribution in [3.63, 3.8) is 0 Å². The van der Waals surface area contributed by atoms with E-state index in [1.807, 2.05) is 16.8 Å². The first-order valence-electron chi connectivity index (χ1n) is 11.5. The van der Waals surface area contributed by atoms with Crippen LogP contribution in [0.1, 0.15) is 62.3 Å². The molecule has 2 aromatic heterocycles. The molecule has 0 saturated carbocycles. The number of rotatable bonds is 7. The Balaban J connectivity index is 1.33. The highest BCUT2D eigenvalue weighted by atomic mass is 16.6. The Kier molecular flexibility index (Phi) is 7.12. The van der Waals surface area contributed by atoms with Crippen molar-refractivity contribution < 1.29 is 23.8 Å². The molecule has 180 valence electrons. The van der Waals surface area contributed by atoms with Crippen molar-refractivity contribution in [3.05, 3.63) is 54.0 Å². The Morgan fingerprint density at radius 1 is 1.18 bits per heavy atom. The Morgan fingerprint density at radius 3 is 2.74 bits per heavy atom. The Morgan fingerprint density at radius 2 is 2.03 bits per heavy atom. The molecule has 1 aliphatic heterocycles. The fourth-order valence-electron chi connectivity index (χ4n) is 3.72. The van der Waals surface area contributed by atoms with Crippen LogP contribution in [0.25, 0.3) is 10.9 Å². The molecule has 1 saturated heterocycles. The molecule has 34 heavy (non-hydrogen) atoms. The molecular formula is C25H30N4O5. The number of hydrogen-bond donors (Lipinski definition) is 1. The number of alkyl carbamates (subject to hydrolysis) is 1. The van der Waals surface area contributed by atoms with Crippen molar-refractivity contribution >= 4 is 22.8 Å². The smallest absolute Gasteiger partial charge is 0.407 e. The molecule has 4 rings (SSSR count). The SMILES string of the molecule is CC(C)(C)OC(=O)NCCOc1ccc(C(=O)c2ccc3c(cnn3C3CCCCO3)c2)nc1. The fraction of sp³-hybridized carbons (Fsp3) is 0.440. The second-order valence-electron chi connectivity index (χ2n) is 9.17. The lowest BCUT2D eigenvalue weighted by atomic mass is 10.1. The van der Waals surface area contributed by atoms with Gasteiger partial charge in [-0.15, -0.1) is 0 Å². The summed E-state index contributed by atoms with van der Waals surface area (Å²) in [5.74, 6) is 0.327. The number of pyridine rings is 1. The van der Waals surface area contributed by atoms with E-state index in [2.05, 4.69) is 15.4 Å². The van der Waals surface area contributed by atoms with Crippen LogP contribution >= 0.6 is 0 Å². The average Bonchev–Trinajstić information content (AvgIpc) is 3.24. The number of fused-ring (bicyclic) bond motifs is 1. The van der Waals surface area contributed by atoms with Crippen molar-refractivity contribution in [2.75, 3.05) is 19.8 Å². The summed E-state index contributed by atoms with van der Waals surface area (Å²) in [6.07, 6.45) is 5.84. The molecular weight excluding hydrogens is 436 g/mol. The summed E-state index contributed by atoms with van der Waals surface area (Å²) in [4.78, 5) is 28.8. The molecule has 1 fully saturated rings. The summed E-state index contributed by atoms with van der Waals surface area (Å²) >= 11 is 0. The van der Waals surface area contributed by atoms with Gasteiger partial charge >= 0.3 is 6.09 Å². The van der Waals surface area contributed by atoms with Gasteiger partial charge in [-0.25, -0.2) is 14.5 Å². The van der Waals surface area contributed by atoms with Gasteiger partial charge in [-0.05, 0) is 70.4 Å². The number of benzene rings is 1. The average molecular weight is 467 g/mol. The quantitative estimate of drug-likeness (QED) is 0.410. The van der Waals surface area contributed by atoms with E-state index in [1.54, 1.807) is 45.2 Å². The number of carbonyl (C=O) groups is 2. The third-order valence-corrected chi connectivity index (χ3v) is 5.29. The summed E-state index contributed by atoms with van der Waals surface area (Å²) in [5, 5.41) is 7.99. The van der Waals surface area contributed by atoms with Gasteiger partial charge in [0.2, 0.25) is 5.78 Å². The monoisotopic (exact) mass is 466 g/mol. The van der Waals surface area contributed by atoms with E-state index in [9.17, 15) is 9.59 Å². The minimum Gasteiger partial charge on any atom is -0.490 e. The molecule has 9 nitrogen and oxygen atoms in total. The first kappa shape index (κ1) is 23.7. The predicted octanol–water partition coefficient (Wildman–Crippen LogP) is 4.26. The van der Waals surface area contributed by atoms with Crippen LogP contribution in [-0.4, -0.2) is 52.0 Å². The van der Waals surface area contributed by atoms with E-state index in [0.29, 0.717) is 17.0 Å². The van der Waals surface area contributed by atoms with E-state index >= 15 is 0 Å². The van der Waals surface area contributed by atoms with Crippen LogP contribution in [0.5, 0.6) is 5.75 Å². The number of carbonyl (C=O) groups excluding carboxylic acids is 2. The van der Waals surface area contributed by atoms with Gasteiger partial charge in [0, 0.05) is 17.6 Å². The minimum atomic E-state index is -0.550. The van der Waals surface area contributed by atoms with E-state index in [4.69, 9.17) is 14.2 Å². The molecule has 0 bridgehead atoms. The van der Waals surface area contributed by atoms with Crippen LogP contribution in [0.3, 0.4) is 0 Å². The molecule has 1 unspecified atom stereocenters. The van der Waals surface area contributed by atoms with Crippen LogP contribution in [0, 0.1) is 0 Å². The largest absolute Gasteiger partial charge is 0.490 e. The molecule has 3 aromatic rings. The molecule has 1 N–H and O–H groups in total. The van der Waals surface area contributed by atoms with Crippen LogP contribution < -0.4 is 10.1 Å². The molecule has 9 heteroatoms. The third-order valence-electron chi connectivity index (χ3n) is 5.29. The zero-order chi connectivity index (χ0) is 24.1. The van der Waals surface area contributed by atoms with Crippen LogP contribution in [0.15, 0.2) is 42.7 Å². The van der Waals surface area contributed by atoms with Gasteiger partial charge in [0.05, 0.1) is 24.5 Å². The lowest BCUT2D eigenvalue weighted by Gasteiger charge is -2.23. The Labute approximate surface area is 198 Å². The summed E-state index contributed by atoms with van der Waals surface area (Å²) in [6, 6.07) is 8.84. The van der Waals surface area contributed by atoms with Crippen LogP contribution in [0.4, 0.5) is 4.79 Å². The van der Waals surface area contributed by atoms with Crippen molar-refractivity contribution in [2.45, 2.75) is 51.9 Å². The summed E-state index contributed by atoms with van der Waals surface area (Å²) in [7, 11) is 0. The highest BCUT2D eigenvalue weighted by molar-refractivity contribution is 6.09. The van der Waals surface area contributed by atoms with E-state index in [1.165, 1.54) is 6.20 Å². The van der Waals surface area contributed by atoms with Crippen molar-refractivity contribution in [3.8, 4) is 5.75 Å². The molecule has 1 aliphatic rings. The second-order valence-corrected chi connectivity index (χ2v) is 9.17. The third kappa shape index (κ3) is 5.91. The first-order chi connectivity index (χ1) is 16.3. The Hall–Kier alpha value is -3.46. The van der Waals surface area contributed by atoms with Crippen molar-refractivity contribution in [1.29, 1.82) is 0 Å². The second kappa shape index (κ2) is 10.2. The molecule has 0 spiro atoms. The van der Waals surface area contributed by atoms with Gasteiger partial charge in [0.15, 0.2) is 6.23 Å². The topological polar surface area (TPSA) is 105 Å². The summed E-state index contributed by atoms with van der Waals surface area (Å²) in [5.41, 5.74) is 1.26. The zero-order valence-electron chi connectivity index (χ0n) is 19.7. The molecule has 1 amide bonds. The number of nitrogens with zero attached hydrogens (tertiary/aromatic N) is 3. The number of ether oxygens (including phenoxy) is 3. The molecule has 0 radical (unpaired) electrons. The first-order valence-corrected chi connectivity index (χ1v) is 11.5. The summed E-state index contributed by atoms with van der Waals surface area (Å²) < 4.78 is 18.5. The Bertz CT molecular complexity index is 1140. The number of amides is 1. The molecule has 1 atom stereocenters. The van der Waals surface area contributed by atoms with Gasteiger partial charge in [-0.3, -0.25) is 4.79 Å². The minimum absolute atomic E-state index is 0.0543. The standard InChI is InChI=1S/C25H30N4O5/c1-25(2,3)34-24(31)26-11-13-32-19-8-9-20(27-16-19)23(30)17-7-10-21-18(14-17)15-28-29(21)22-6-4-5-12-33-22/h7-10,14-16,22H,4-6,11-13H2,1-3H3,(H,26,31). The number of hydrogen-bond acceptors (Lipinski definition) is 7. The maximum Gasteiger partial charge on any atom is 0.407 e. The van der Waals surface area contributed by atoms with Gasteiger partial charge < -0.3 is 19.5 Å². The number of aromatic nitrogens is 3. The van der Waals surface area contributed by atoms with Gasteiger partial charge in [0.1, 0.15) is 23.7 Å². The van der Waals surface area contributed by atoms with Gasteiger partial charge in [0.25, 0.3) is 0 Å². The highest BCUT2D eigenvalue weighted by Gasteiger charge is 2.20. The number of ketones is 1. The summed E-state index contributed by atoms with van der Waals surface area (Å²) in [6.45, 7) is 6.68. The fourth-order valence-corrected chi connectivity index (χ4v) is 3.72. The number of nitrogens with one attached hydrogen (secondary N) is 1. The zero-order valence-corrected chi connectivity index (χ0v) is 19.7. The van der Waals surface area contributed by atoms with Crippen LogP contribution in [-0.2, 0) is 9.47 Å². The molecule has 3 heterocycles. The molecule has 1 aromatic carbocycles. The van der Waals surface area contributed by atoms with E-state index in [-0.39, 0.29) is 25.2 Å². The lowest BCUT2D eigenvalue weighted by Crippen LogP contribution is -2.34. The predicted molar refractivity (Wildman–Crippen MR) is 126 cm³/mol. The van der Waals surface area contributed by atoms with Crippen molar-refractivity contribution in [2.24, 2.45) is 0 Å². The highest BCUT2D eigenvalue weighted by Crippen LogP contribution is 2.27. The molecule has 0 aliphatic carbocycles. The lowest BCUT2D eigenvalue weighted by molar-refractivity contribution is -0.0366. The normalized spacial score (nSPS) is 16.3. The maximum atomic E-state index is 12.9. The van der Waals surface area contributed by atoms with E-state index < -0.39 is 11.7 Å².